The standard InChI is InChI=1S/C38H34NO2P/c1-40-34-25-39(26-35(34)41-2)33-23-21-27-13-9-11-19-31(27)37(33)38-32-20-12-10-14-28(32)22-24-36(38)42(29-15-5-3-6-16-29)30-17-7-4-8-18-30/h3-24,34-35H,25-26H2,1-2H3/t34-,35-/m0/s1. The number of methoxy groups -OCH3 is 2. The number of benzene rings is 6. The molecule has 1 fully saturated rings. The third-order valence-corrected chi connectivity index (χ3v) is 11.0. The first-order valence-corrected chi connectivity index (χ1v) is 15.9. The molecule has 0 amide bonds. The molecule has 0 aliphatic carbocycles. The molecule has 7 rings (SSSR count). The zero-order valence-corrected chi connectivity index (χ0v) is 24.9. The van der Waals surface area contributed by atoms with Gasteiger partial charge in [-0.05, 0) is 51.4 Å². The van der Waals surface area contributed by atoms with E-state index in [1.165, 1.54) is 54.3 Å². The molecule has 6 aromatic rings. The van der Waals surface area contributed by atoms with Gasteiger partial charge in [0.2, 0.25) is 0 Å². The Balaban J connectivity index is 1.57. The predicted molar refractivity (Wildman–Crippen MR) is 179 cm³/mol. The molecule has 0 radical (unpaired) electrons. The van der Waals surface area contributed by atoms with Crippen LogP contribution in [0.15, 0.2) is 133 Å². The van der Waals surface area contributed by atoms with Crippen LogP contribution in [-0.4, -0.2) is 39.5 Å². The van der Waals surface area contributed by atoms with E-state index in [0.717, 1.165) is 13.1 Å². The predicted octanol–water partition coefficient (Wildman–Crippen LogP) is 7.27. The van der Waals surface area contributed by atoms with Crippen molar-refractivity contribution in [2.45, 2.75) is 12.2 Å². The van der Waals surface area contributed by atoms with E-state index in [1.54, 1.807) is 14.2 Å². The summed E-state index contributed by atoms with van der Waals surface area (Å²) in [4.78, 5) is 2.46. The van der Waals surface area contributed by atoms with Gasteiger partial charge in [0.25, 0.3) is 0 Å². The van der Waals surface area contributed by atoms with Gasteiger partial charge in [0.15, 0.2) is 0 Å². The first-order chi connectivity index (χ1) is 20.8. The second-order valence-electron chi connectivity index (χ2n) is 10.8. The number of rotatable bonds is 7. The molecule has 0 bridgehead atoms. The van der Waals surface area contributed by atoms with Crippen molar-refractivity contribution >= 4 is 51.1 Å². The molecule has 3 nitrogen and oxygen atoms in total. The lowest BCUT2D eigenvalue weighted by atomic mass is 9.92. The average Bonchev–Trinajstić information content (AvgIpc) is 3.49. The summed E-state index contributed by atoms with van der Waals surface area (Å²) in [5.41, 5.74) is 3.82. The SMILES string of the molecule is CO[C@H]1CN(c2ccc3ccccc3c2-c2c(P(c3ccccc3)c3ccccc3)ccc3ccccc23)C[C@@H]1OC. The molecule has 1 heterocycles. The van der Waals surface area contributed by atoms with E-state index in [-0.39, 0.29) is 12.2 Å². The van der Waals surface area contributed by atoms with Gasteiger partial charge < -0.3 is 14.4 Å². The minimum Gasteiger partial charge on any atom is -0.377 e. The van der Waals surface area contributed by atoms with Crippen LogP contribution in [0, 0.1) is 0 Å². The number of hydrogen-bond donors (Lipinski definition) is 0. The molecular formula is C38H34NO2P. The van der Waals surface area contributed by atoms with Crippen molar-refractivity contribution in [3.63, 3.8) is 0 Å². The molecule has 2 atom stereocenters. The molecule has 208 valence electrons. The Morgan fingerprint density at radius 3 is 1.55 bits per heavy atom. The maximum absolute atomic E-state index is 5.88. The number of anilines is 1. The fraction of sp³-hybridized carbons (Fsp3) is 0.158. The average molecular weight is 568 g/mol. The van der Waals surface area contributed by atoms with E-state index in [9.17, 15) is 0 Å². The molecule has 0 unspecified atom stereocenters. The van der Waals surface area contributed by atoms with E-state index in [2.05, 4.69) is 138 Å². The molecular weight excluding hydrogens is 533 g/mol. The van der Waals surface area contributed by atoms with Crippen molar-refractivity contribution in [2.75, 3.05) is 32.2 Å². The topological polar surface area (TPSA) is 21.7 Å². The lowest BCUT2D eigenvalue weighted by Crippen LogP contribution is -2.27. The number of fused-ring (bicyclic) bond motifs is 2. The van der Waals surface area contributed by atoms with Crippen molar-refractivity contribution in [1.29, 1.82) is 0 Å². The third kappa shape index (κ3) is 4.78. The van der Waals surface area contributed by atoms with Gasteiger partial charge in [-0.3, -0.25) is 0 Å². The number of nitrogens with zero attached hydrogens (tertiary/aromatic N) is 1. The highest BCUT2D eigenvalue weighted by Gasteiger charge is 2.35. The Kier molecular flexibility index (Phi) is 7.48. The molecule has 4 heteroatoms. The van der Waals surface area contributed by atoms with Crippen molar-refractivity contribution in [2.24, 2.45) is 0 Å². The zero-order chi connectivity index (χ0) is 28.5. The summed E-state index contributed by atoms with van der Waals surface area (Å²) in [5.74, 6) is 0. The summed E-state index contributed by atoms with van der Waals surface area (Å²) < 4.78 is 11.8. The van der Waals surface area contributed by atoms with Crippen LogP contribution in [0.1, 0.15) is 0 Å². The molecule has 1 aliphatic rings. The van der Waals surface area contributed by atoms with Crippen LogP contribution in [0.4, 0.5) is 5.69 Å². The molecule has 0 aromatic heterocycles. The highest BCUT2D eigenvalue weighted by Crippen LogP contribution is 2.46. The maximum atomic E-state index is 5.88. The van der Waals surface area contributed by atoms with E-state index in [4.69, 9.17) is 9.47 Å². The second kappa shape index (κ2) is 11.7. The minimum absolute atomic E-state index is 0.0204. The van der Waals surface area contributed by atoms with Crippen LogP contribution in [0.3, 0.4) is 0 Å². The van der Waals surface area contributed by atoms with Gasteiger partial charge in [-0.1, -0.05) is 127 Å². The lowest BCUT2D eigenvalue weighted by molar-refractivity contribution is -0.00461. The fourth-order valence-electron chi connectivity index (χ4n) is 6.47. The van der Waals surface area contributed by atoms with Crippen molar-refractivity contribution in [3.05, 3.63) is 133 Å². The van der Waals surface area contributed by atoms with Crippen LogP contribution in [-0.2, 0) is 9.47 Å². The Bertz CT molecular complexity index is 1790. The van der Waals surface area contributed by atoms with E-state index >= 15 is 0 Å². The van der Waals surface area contributed by atoms with Gasteiger partial charge >= 0.3 is 0 Å². The van der Waals surface area contributed by atoms with Gasteiger partial charge in [0.05, 0.1) is 0 Å². The van der Waals surface area contributed by atoms with Gasteiger partial charge in [0, 0.05) is 44.1 Å². The number of hydrogen-bond acceptors (Lipinski definition) is 3. The van der Waals surface area contributed by atoms with Crippen LogP contribution in [0.25, 0.3) is 32.7 Å². The van der Waals surface area contributed by atoms with Crippen LogP contribution in [0.5, 0.6) is 0 Å². The fourth-order valence-corrected chi connectivity index (χ4v) is 8.94. The van der Waals surface area contributed by atoms with Crippen LogP contribution >= 0.6 is 7.92 Å². The van der Waals surface area contributed by atoms with Crippen LogP contribution < -0.4 is 20.8 Å². The summed E-state index contributed by atoms with van der Waals surface area (Å²) >= 11 is 0. The largest absolute Gasteiger partial charge is 0.377 e. The van der Waals surface area contributed by atoms with Crippen molar-refractivity contribution in [1.82, 2.24) is 0 Å². The van der Waals surface area contributed by atoms with Crippen LogP contribution in [0.2, 0.25) is 0 Å². The molecule has 0 saturated carbocycles. The highest BCUT2D eigenvalue weighted by atomic mass is 31.1. The zero-order valence-electron chi connectivity index (χ0n) is 24.0. The molecule has 1 aliphatic heterocycles. The van der Waals surface area contributed by atoms with E-state index in [1.807, 2.05) is 0 Å². The molecule has 6 aromatic carbocycles. The molecule has 1 saturated heterocycles. The Labute approximate surface area is 249 Å². The molecule has 0 N–H and O–H groups in total. The summed E-state index contributed by atoms with van der Waals surface area (Å²) in [6.45, 7) is 1.57. The first kappa shape index (κ1) is 26.9. The third-order valence-electron chi connectivity index (χ3n) is 8.50. The summed E-state index contributed by atoms with van der Waals surface area (Å²) in [5, 5.41) is 9.08. The summed E-state index contributed by atoms with van der Waals surface area (Å²) in [6, 6.07) is 48.9. The van der Waals surface area contributed by atoms with Gasteiger partial charge in [0.1, 0.15) is 12.2 Å². The van der Waals surface area contributed by atoms with Gasteiger partial charge in [-0.15, -0.1) is 0 Å². The smallest absolute Gasteiger partial charge is 0.102 e. The Morgan fingerprint density at radius 1 is 0.524 bits per heavy atom. The minimum atomic E-state index is -0.835. The molecule has 0 spiro atoms. The highest BCUT2D eigenvalue weighted by molar-refractivity contribution is 7.80. The van der Waals surface area contributed by atoms with Crippen molar-refractivity contribution < 1.29 is 9.47 Å². The maximum Gasteiger partial charge on any atom is 0.102 e. The summed E-state index contributed by atoms with van der Waals surface area (Å²) in [7, 11) is 2.74. The monoisotopic (exact) mass is 567 g/mol. The second-order valence-corrected chi connectivity index (χ2v) is 13.0. The van der Waals surface area contributed by atoms with Gasteiger partial charge in [-0.25, -0.2) is 0 Å². The lowest BCUT2D eigenvalue weighted by Gasteiger charge is -2.28. The summed E-state index contributed by atoms with van der Waals surface area (Å²) in [6.07, 6.45) is 0.0409. The number of ether oxygens (including phenoxy) is 2. The quantitative estimate of drug-likeness (QED) is 0.190. The first-order valence-electron chi connectivity index (χ1n) is 14.5. The van der Waals surface area contributed by atoms with Crippen molar-refractivity contribution in [3.8, 4) is 11.1 Å². The van der Waals surface area contributed by atoms with E-state index in [0.29, 0.717) is 0 Å². The normalized spacial score (nSPS) is 17.0. The van der Waals surface area contributed by atoms with E-state index < -0.39 is 7.92 Å². The van der Waals surface area contributed by atoms with Gasteiger partial charge in [-0.2, -0.15) is 0 Å². The Hall–Kier alpha value is -4.01. The Morgan fingerprint density at radius 2 is 1.00 bits per heavy atom. The molecule has 42 heavy (non-hydrogen) atoms.